The topological polar surface area (TPSA) is 43.8 Å². The number of allylic oxidation sites excluding steroid dienone is 1. The number of aryl methyl sites for hydroxylation is 1. The van der Waals surface area contributed by atoms with Gasteiger partial charge < -0.3 is 10.3 Å². The van der Waals surface area contributed by atoms with Gasteiger partial charge in [-0.25, -0.2) is 4.98 Å². The van der Waals surface area contributed by atoms with Crippen LogP contribution in [-0.2, 0) is 13.0 Å². The Hall–Kier alpha value is -1.09. The van der Waals surface area contributed by atoms with Gasteiger partial charge >= 0.3 is 0 Å². The summed E-state index contributed by atoms with van der Waals surface area (Å²) in [6.45, 7) is 5.36. The molecule has 0 bridgehead atoms. The normalized spacial score (nSPS) is 10.1. The summed E-state index contributed by atoms with van der Waals surface area (Å²) in [5.41, 5.74) is 5.42. The Morgan fingerprint density at radius 2 is 2.50 bits per heavy atom. The third-order valence-electron chi connectivity index (χ3n) is 1.73. The van der Waals surface area contributed by atoms with Gasteiger partial charge in [0.25, 0.3) is 0 Å². The minimum Gasteiger partial charge on any atom is -0.335 e. The fourth-order valence-electron chi connectivity index (χ4n) is 1.12. The van der Waals surface area contributed by atoms with E-state index in [4.69, 9.17) is 5.73 Å². The number of hydrogen-bond acceptors (Lipinski definition) is 2. The molecule has 3 nitrogen and oxygen atoms in total. The van der Waals surface area contributed by atoms with Crippen LogP contribution < -0.4 is 5.73 Å². The molecule has 12 heavy (non-hydrogen) atoms. The molecule has 0 fully saturated rings. The van der Waals surface area contributed by atoms with Crippen LogP contribution in [0.15, 0.2) is 25.0 Å². The summed E-state index contributed by atoms with van der Waals surface area (Å²) in [7, 11) is 0. The highest BCUT2D eigenvalue weighted by Crippen LogP contribution is 2.00. The molecule has 2 N–H and O–H groups in total. The van der Waals surface area contributed by atoms with E-state index >= 15 is 0 Å². The van der Waals surface area contributed by atoms with Crippen molar-refractivity contribution in [2.24, 2.45) is 5.73 Å². The minimum absolute atomic E-state index is 0.728. The average Bonchev–Trinajstić information content (AvgIpc) is 2.50. The summed E-state index contributed by atoms with van der Waals surface area (Å²) in [6, 6.07) is 0. The molecule has 1 heterocycles. The van der Waals surface area contributed by atoms with Crippen LogP contribution in [0.1, 0.15) is 12.2 Å². The summed E-state index contributed by atoms with van der Waals surface area (Å²) in [5.74, 6) is 1.07. The number of nitrogens with two attached hydrogens (primary N) is 1. The molecule has 0 amide bonds. The van der Waals surface area contributed by atoms with Gasteiger partial charge in [0.1, 0.15) is 5.82 Å². The molecule has 0 aliphatic carbocycles. The minimum atomic E-state index is 0.728. The molecule has 0 saturated carbocycles. The molecular weight excluding hydrogens is 150 g/mol. The molecular formula is C9H15N3. The smallest absolute Gasteiger partial charge is 0.112 e. The maximum atomic E-state index is 5.42. The van der Waals surface area contributed by atoms with Gasteiger partial charge in [-0.05, 0) is 13.0 Å². The molecule has 0 spiro atoms. The third-order valence-corrected chi connectivity index (χ3v) is 1.73. The standard InChI is InChI=1S/C9H15N3/c1-2-4-9-11-6-8-12(9)7-3-5-10/h2,6,8H,1,3-5,7,10H2. The maximum absolute atomic E-state index is 5.42. The second-order valence-electron chi connectivity index (χ2n) is 2.67. The Balaban J connectivity index is 2.57. The van der Waals surface area contributed by atoms with Crippen LogP contribution in [0.3, 0.4) is 0 Å². The zero-order valence-corrected chi connectivity index (χ0v) is 7.24. The zero-order chi connectivity index (χ0) is 8.81. The average molecular weight is 165 g/mol. The Morgan fingerprint density at radius 3 is 3.17 bits per heavy atom. The molecule has 0 radical (unpaired) electrons. The lowest BCUT2D eigenvalue weighted by atomic mass is 10.3. The zero-order valence-electron chi connectivity index (χ0n) is 7.24. The van der Waals surface area contributed by atoms with Crippen LogP contribution in [0.25, 0.3) is 0 Å². The van der Waals surface area contributed by atoms with E-state index in [0.717, 1.165) is 31.8 Å². The Bertz CT molecular complexity index is 240. The molecule has 0 unspecified atom stereocenters. The lowest BCUT2D eigenvalue weighted by Crippen LogP contribution is -2.07. The van der Waals surface area contributed by atoms with Crippen molar-refractivity contribution in [1.82, 2.24) is 9.55 Å². The van der Waals surface area contributed by atoms with Crippen LogP contribution in [0.5, 0.6) is 0 Å². The van der Waals surface area contributed by atoms with E-state index < -0.39 is 0 Å². The van der Waals surface area contributed by atoms with Crippen LogP contribution >= 0.6 is 0 Å². The Morgan fingerprint density at radius 1 is 1.67 bits per heavy atom. The highest BCUT2D eigenvalue weighted by Gasteiger charge is 1.98. The maximum Gasteiger partial charge on any atom is 0.112 e. The van der Waals surface area contributed by atoms with E-state index in [1.54, 1.807) is 0 Å². The second-order valence-corrected chi connectivity index (χ2v) is 2.67. The van der Waals surface area contributed by atoms with E-state index in [-0.39, 0.29) is 0 Å². The van der Waals surface area contributed by atoms with Gasteiger partial charge in [-0.1, -0.05) is 6.08 Å². The van der Waals surface area contributed by atoms with E-state index in [9.17, 15) is 0 Å². The van der Waals surface area contributed by atoms with Gasteiger partial charge in [0, 0.05) is 25.4 Å². The van der Waals surface area contributed by atoms with E-state index in [2.05, 4.69) is 16.1 Å². The van der Waals surface area contributed by atoms with Gasteiger partial charge in [-0.2, -0.15) is 0 Å². The van der Waals surface area contributed by atoms with Crippen molar-refractivity contribution in [1.29, 1.82) is 0 Å². The Kier molecular flexibility index (Phi) is 3.54. The SMILES string of the molecule is C=CCc1nccn1CCCN. The largest absolute Gasteiger partial charge is 0.335 e. The molecule has 0 aliphatic heterocycles. The molecule has 1 aromatic heterocycles. The van der Waals surface area contributed by atoms with Crippen molar-refractivity contribution in [3.63, 3.8) is 0 Å². The van der Waals surface area contributed by atoms with Crippen LogP contribution in [0.2, 0.25) is 0 Å². The second kappa shape index (κ2) is 4.72. The molecule has 0 aromatic carbocycles. The first-order chi connectivity index (χ1) is 5.88. The van der Waals surface area contributed by atoms with Gasteiger partial charge in [0.05, 0.1) is 0 Å². The monoisotopic (exact) mass is 165 g/mol. The molecule has 3 heteroatoms. The van der Waals surface area contributed by atoms with Crippen molar-refractivity contribution in [3.05, 3.63) is 30.9 Å². The van der Waals surface area contributed by atoms with Crippen molar-refractivity contribution in [2.75, 3.05) is 6.54 Å². The highest BCUT2D eigenvalue weighted by molar-refractivity contribution is 4.97. The predicted octanol–water partition coefficient (Wildman–Crippen LogP) is 0.960. The number of imidazole rings is 1. The lowest BCUT2D eigenvalue weighted by Gasteiger charge is -2.03. The number of hydrogen-bond donors (Lipinski definition) is 1. The molecule has 0 aliphatic rings. The van der Waals surface area contributed by atoms with Crippen molar-refractivity contribution in [2.45, 2.75) is 19.4 Å². The summed E-state index contributed by atoms with van der Waals surface area (Å²) in [4.78, 5) is 4.21. The molecule has 1 rings (SSSR count). The van der Waals surface area contributed by atoms with Crippen LogP contribution in [0.4, 0.5) is 0 Å². The van der Waals surface area contributed by atoms with Gasteiger partial charge in [-0.3, -0.25) is 0 Å². The van der Waals surface area contributed by atoms with Crippen molar-refractivity contribution < 1.29 is 0 Å². The van der Waals surface area contributed by atoms with E-state index in [1.807, 2.05) is 18.5 Å². The predicted molar refractivity (Wildman–Crippen MR) is 49.8 cm³/mol. The summed E-state index contributed by atoms with van der Waals surface area (Å²) in [6.07, 6.45) is 7.49. The summed E-state index contributed by atoms with van der Waals surface area (Å²) in [5, 5.41) is 0. The highest BCUT2D eigenvalue weighted by atomic mass is 15.1. The lowest BCUT2D eigenvalue weighted by molar-refractivity contribution is 0.626. The van der Waals surface area contributed by atoms with Crippen LogP contribution in [0, 0.1) is 0 Å². The Labute approximate surface area is 72.9 Å². The van der Waals surface area contributed by atoms with Crippen molar-refractivity contribution in [3.8, 4) is 0 Å². The van der Waals surface area contributed by atoms with Crippen LogP contribution in [-0.4, -0.2) is 16.1 Å². The van der Waals surface area contributed by atoms with Gasteiger partial charge in [-0.15, -0.1) is 6.58 Å². The van der Waals surface area contributed by atoms with Gasteiger partial charge in [0.2, 0.25) is 0 Å². The summed E-state index contributed by atoms with van der Waals surface area (Å²) < 4.78 is 2.12. The van der Waals surface area contributed by atoms with Gasteiger partial charge in [0.15, 0.2) is 0 Å². The molecule has 0 saturated heterocycles. The van der Waals surface area contributed by atoms with Crippen molar-refractivity contribution >= 4 is 0 Å². The quantitative estimate of drug-likeness (QED) is 0.660. The fourth-order valence-corrected chi connectivity index (χ4v) is 1.12. The number of aromatic nitrogens is 2. The van der Waals surface area contributed by atoms with E-state index in [0.29, 0.717) is 0 Å². The molecule has 0 atom stereocenters. The van der Waals surface area contributed by atoms with E-state index in [1.165, 1.54) is 0 Å². The third kappa shape index (κ3) is 2.20. The fraction of sp³-hybridized carbons (Fsp3) is 0.444. The first-order valence-electron chi connectivity index (χ1n) is 4.19. The molecule has 1 aromatic rings. The first-order valence-corrected chi connectivity index (χ1v) is 4.19. The number of rotatable bonds is 5. The summed E-state index contributed by atoms with van der Waals surface area (Å²) >= 11 is 0. The molecule has 66 valence electrons. The number of nitrogens with zero attached hydrogens (tertiary/aromatic N) is 2. The first kappa shape index (κ1) is 9.00.